The molecule has 0 aliphatic carbocycles. The van der Waals surface area contributed by atoms with Crippen LogP contribution in [0, 0.1) is 0 Å². The average molecular weight is 223 g/mol. The van der Waals surface area contributed by atoms with Crippen molar-refractivity contribution < 1.29 is 14.6 Å². The van der Waals surface area contributed by atoms with Crippen molar-refractivity contribution in [2.24, 2.45) is 5.73 Å². The van der Waals surface area contributed by atoms with Crippen molar-refractivity contribution in [2.45, 2.75) is 25.8 Å². The molecule has 0 saturated heterocycles. The first-order valence-corrected chi connectivity index (χ1v) is 5.13. The van der Waals surface area contributed by atoms with E-state index in [0.717, 1.165) is 5.56 Å². The number of ether oxygens (including phenoxy) is 1. The minimum absolute atomic E-state index is 0.324. The fourth-order valence-corrected chi connectivity index (χ4v) is 1.54. The summed E-state index contributed by atoms with van der Waals surface area (Å²) in [7, 11) is 1.57. The van der Waals surface area contributed by atoms with Crippen molar-refractivity contribution in [3.05, 3.63) is 29.3 Å². The van der Waals surface area contributed by atoms with E-state index in [4.69, 9.17) is 15.6 Å². The zero-order chi connectivity index (χ0) is 12.3. The fourth-order valence-electron chi connectivity index (χ4n) is 1.54. The third kappa shape index (κ3) is 2.52. The van der Waals surface area contributed by atoms with Crippen LogP contribution in [-0.4, -0.2) is 18.2 Å². The number of carboxylic acid groups (broad SMARTS) is 1. The molecule has 0 bridgehead atoms. The van der Waals surface area contributed by atoms with E-state index in [2.05, 4.69) is 13.8 Å². The second-order valence-corrected chi connectivity index (χ2v) is 3.97. The molecule has 0 aromatic heterocycles. The molecule has 16 heavy (non-hydrogen) atoms. The molecule has 3 N–H and O–H groups in total. The van der Waals surface area contributed by atoms with Gasteiger partial charge < -0.3 is 15.6 Å². The van der Waals surface area contributed by atoms with Crippen molar-refractivity contribution in [1.29, 1.82) is 0 Å². The van der Waals surface area contributed by atoms with Gasteiger partial charge in [-0.3, -0.25) is 4.79 Å². The number of nitrogens with two attached hydrogens (primary N) is 1. The van der Waals surface area contributed by atoms with Gasteiger partial charge in [-0.15, -0.1) is 0 Å². The zero-order valence-electron chi connectivity index (χ0n) is 9.73. The maximum Gasteiger partial charge on any atom is 0.325 e. The third-order valence-electron chi connectivity index (χ3n) is 2.50. The smallest absolute Gasteiger partial charge is 0.325 e. The lowest BCUT2D eigenvalue weighted by Crippen LogP contribution is -2.20. The van der Waals surface area contributed by atoms with Crippen molar-refractivity contribution in [2.75, 3.05) is 7.11 Å². The predicted molar refractivity (Wildman–Crippen MR) is 61.6 cm³/mol. The lowest BCUT2D eigenvalue weighted by atomic mass is 9.98. The number of hydrogen-bond donors (Lipinski definition) is 2. The summed E-state index contributed by atoms with van der Waals surface area (Å²) in [6, 6.07) is 4.28. The fraction of sp³-hybridized carbons (Fsp3) is 0.417. The molecule has 1 aromatic rings. The van der Waals surface area contributed by atoms with Gasteiger partial charge >= 0.3 is 5.97 Å². The molecule has 1 aromatic carbocycles. The lowest BCUT2D eigenvalue weighted by molar-refractivity contribution is -0.138. The van der Waals surface area contributed by atoms with Crippen LogP contribution >= 0.6 is 0 Å². The van der Waals surface area contributed by atoms with E-state index >= 15 is 0 Å². The topological polar surface area (TPSA) is 72.5 Å². The number of rotatable bonds is 4. The number of carboxylic acids is 1. The summed E-state index contributed by atoms with van der Waals surface area (Å²) < 4.78 is 5.23. The van der Waals surface area contributed by atoms with E-state index in [1.807, 2.05) is 6.07 Å². The predicted octanol–water partition coefficient (Wildman–Crippen LogP) is 1.90. The summed E-state index contributed by atoms with van der Waals surface area (Å²) in [5.41, 5.74) is 7.13. The Hall–Kier alpha value is -1.55. The summed E-state index contributed by atoms with van der Waals surface area (Å²) in [5.74, 6) is -0.0337. The molecule has 4 nitrogen and oxygen atoms in total. The van der Waals surface area contributed by atoms with Gasteiger partial charge in [0.25, 0.3) is 0 Å². The summed E-state index contributed by atoms with van der Waals surface area (Å²) in [6.07, 6.45) is 0. The van der Waals surface area contributed by atoms with E-state index in [9.17, 15) is 4.79 Å². The molecule has 0 heterocycles. The van der Waals surface area contributed by atoms with E-state index in [1.165, 1.54) is 0 Å². The quantitative estimate of drug-likeness (QED) is 0.817. The molecule has 0 radical (unpaired) electrons. The molecular formula is C12H17NO3. The first-order chi connectivity index (χ1) is 7.47. The van der Waals surface area contributed by atoms with Crippen molar-refractivity contribution in [3.63, 3.8) is 0 Å². The van der Waals surface area contributed by atoms with Crippen LogP contribution < -0.4 is 10.5 Å². The molecule has 0 saturated carbocycles. The normalized spacial score (nSPS) is 12.6. The van der Waals surface area contributed by atoms with E-state index in [1.54, 1.807) is 19.2 Å². The molecule has 0 amide bonds. The second kappa shape index (κ2) is 4.99. The summed E-state index contributed by atoms with van der Waals surface area (Å²) in [5, 5.41) is 8.81. The Morgan fingerprint density at radius 3 is 2.50 bits per heavy atom. The van der Waals surface area contributed by atoms with Crippen LogP contribution in [0.3, 0.4) is 0 Å². The summed E-state index contributed by atoms with van der Waals surface area (Å²) in [4.78, 5) is 10.8. The maximum atomic E-state index is 10.8. The SMILES string of the molecule is COc1cc(C(N)C(=O)O)ccc1C(C)C. The number of carbonyl (C=O) groups is 1. The molecule has 4 heteroatoms. The first-order valence-electron chi connectivity index (χ1n) is 5.13. The van der Waals surface area contributed by atoms with Gasteiger partial charge in [0.2, 0.25) is 0 Å². The Morgan fingerprint density at radius 2 is 2.06 bits per heavy atom. The Balaban J connectivity index is 3.13. The molecular weight excluding hydrogens is 206 g/mol. The number of hydrogen-bond acceptors (Lipinski definition) is 3. The number of aliphatic carboxylic acids is 1. The van der Waals surface area contributed by atoms with E-state index < -0.39 is 12.0 Å². The van der Waals surface area contributed by atoms with Gasteiger partial charge in [-0.25, -0.2) is 0 Å². The first kappa shape index (κ1) is 12.5. The van der Waals surface area contributed by atoms with Crippen molar-refractivity contribution in [3.8, 4) is 5.75 Å². The van der Waals surface area contributed by atoms with Crippen LogP contribution in [0.4, 0.5) is 0 Å². The molecule has 1 rings (SSSR count). The zero-order valence-corrected chi connectivity index (χ0v) is 9.73. The van der Waals surface area contributed by atoms with Crippen LogP contribution in [0.5, 0.6) is 5.75 Å². The van der Waals surface area contributed by atoms with Gasteiger partial charge in [-0.2, -0.15) is 0 Å². The highest BCUT2D eigenvalue weighted by Crippen LogP contribution is 2.28. The molecule has 0 aliphatic rings. The third-order valence-corrected chi connectivity index (χ3v) is 2.50. The maximum absolute atomic E-state index is 10.8. The second-order valence-electron chi connectivity index (χ2n) is 3.97. The van der Waals surface area contributed by atoms with Crippen LogP contribution in [0.1, 0.15) is 36.9 Å². The van der Waals surface area contributed by atoms with Crippen LogP contribution in [-0.2, 0) is 4.79 Å². The molecule has 0 spiro atoms. The Kier molecular flexibility index (Phi) is 3.90. The van der Waals surface area contributed by atoms with Crippen molar-refractivity contribution in [1.82, 2.24) is 0 Å². The lowest BCUT2D eigenvalue weighted by Gasteiger charge is -2.14. The minimum Gasteiger partial charge on any atom is -0.496 e. The van der Waals surface area contributed by atoms with E-state index in [0.29, 0.717) is 17.2 Å². The molecule has 1 unspecified atom stereocenters. The van der Waals surface area contributed by atoms with E-state index in [-0.39, 0.29) is 0 Å². The molecule has 88 valence electrons. The van der Waals surface area contributed by atoms with Gasteiger partial charge in [-0.05, 0) is 23.1 Å². The molecule has 1 atom stereocenters. The summed E-state index contributed by atoms with van der Waals surface area (Å²) >= 11 is 0. The molecule has 0 aliphatic heterocycles. The van der Waals surface area contributed by atoms with Gasteiger partial charge in [-0.1, -0.05) is 26.0 Å². The Labute approximate surface area is 95.0 Å². The molecule has 0 fully saturated rings. The van der Waals surface area contributed by atoms with Gasteiger partial charge in [0.1, 0.15) is 11.8 Å². The van der Waals surface area contributed by atoms with Crippen molar-refractivity contribution >= 4 is 5.97 Å². The number of methoxy groups -OCH3 is 1. The largest absolute Gasteiger partial charge is 0.496 e. The Bertz CT molecular complexity index is 388. The highest BCUT2D eigenvalue weighted by molar-refractivity contribution is 5.75. The summed E-state index contributed by atoms with van der Waals surface area (Å²) in [6.45, 7) is 4.10. The standard InChI is InChI=1S/C12H17NO3/c1-7(2)9-5-4-8(6-10(9)16-3)11(13)12(14)15/h4-7,11H,13H2,1-3H3,(H,14,15). The minimum atomic E-state index is -1.04. The highest BCUT2D eigenvalue weighted by Gasteiger charge is 2.16. The average Bonchev–Trinajstić information content (AvgIpc) is 2.26. The monoisotopic (exact) mass is 223 g/mol. The number of benzene rings is 1. The van der Waals surface area contributed by atoms with Crippen LogP contribution in [0.15, 0.2) is 18.2 Å². The highest BCUT2D eigenvalue weighted by atomic mass is 16.5. The van der Waals surface area contributed by atoms with Gasteiger partial charge in [0.05, 0.1) is 7.11 Å². The van der Waals surface area contributed by atoms with Gasteiger partial charge in [0.15, 0.2) is 0 Å². The van der Waals surface area contributed by atoms with Gasteiger partial charge in [0, 0.05) is 0 Å². The Morgan fingerprint density at radius 1 is 1.44 bits per heavy atom. The van der Waals surface area contributed by atoms with Crippen LogP contribution in [0.2, 0.25) is 0 Å². The van der Waals surface area contributed by atoms with Crippen LogP contribution in [0.25, 0.3) is 0 Å².